The Morgan fingerprint density at radius 1 is 1.41 bits per heavy atom. The van der Waals surface area contributed by atoms with Gasteiger partial charge in [0.25, 0.3) is 10.0 Å². The molecule has 0 spiro atoms. The molecule has 98 valence electrons. The fraction of sp³-hybridized carbons (Fsp3) is 0.636. The molecule has 0 saturated carbocycles. The van der Waals surface area contributed by atoms with Crippen LogP contribution in [0.2, 0.25) is 0 Å². The zero-order valence-electron chi connectivity index (χ0n) is 10.1. The van der Waals surface area contributed by atoms with Crippen molar-refractivity contribution in [3.63, 3.8) is 0 Å². The average molecular weight is 340 g/mol. The van der Waals surface area contributed by atoms with E-state index >= 15 is 0 Å². The first-order valence-corrected chi connectivity index (χ1v) is 8.81. The fourth-order valence-corrected chi connectivity index (χ4v) is 4.88. The molecule has 1 heterocycles. The minimum absolute atomic E-state index is 0.362. The van der Waals surface area contributed by atoms with Gasteiger partial charge in [-0.3, -0.25) is 0 Å². The lowest BCUT2D eigenvalue weighted by Gasteiger charge is -2.06. The number of unbranched alkanes of at least 4 members (excludes halogenated alkanes) is 1. The second-order valence-corrected chi connectivity index (χ2v) is 8.08. The van der Waals surface area contributed by atoms with Crippen molar-refractivity contribution in [2.45, 2.75) is 37.3 Å². The van der Waals surface area contributed by atoms with Gasteiger partial charge in [-0.25, -0.2) is 13.1 Å². The predicted molar refractivity (Wildman–Crippen MR) is 75.9 cm³/mol. The lowest BCUT2D eigenvalue weighted by Crippen LogP contribution is -2.24. The van der Waals surface area contributed by atoms with E-state index in [0.29, 0.717) is 21.1 Å². The highest BCUT2D eigenvalue weighted by atomic mass is 79.9. The summed E-state index contributed by atoms with van der Waals surface area (Å²) in [6.45, 7) is 4.86. The molecule has 1 rings (SSSR count). The quantitative estimate of drug-likeness (QED) is 0.771. The van der Waals surface area contributed by atoms with E-state index in [1.807, 2.05) is 0 Å². The summed E-state index contributed by atoms with van der Waals surface area (Å²) in [6, 6.07) is 1.75. The third-order valence-electron chi connectivity index (χ3n) is 2.33. The molecule has 0 fully saturated rings. The van der Waals surface area contributed by atoms with Crippen molar-refractivity contribution < 1.29 is 8.42 Å². The maximum atomic E-state index is 11.9. The Bertz CT molecular complexity index is 440. The summed E-state index contributed by atoms with van der Waals surface area (Å²) in [7, 11) is -3.33. The van der Waals surface area contributed by atoms with Gasteiger partial charge in [-0.15, -0.1) is 11.3 Å². The first kappa shape index (κ1) is 15.1. The molecule has 0 saturated heterocycles. The highest BCUT2D eigenvalue weighted by molar-refractivity contribution is 9.10. The van der Waals surface area contributed by atoms with E-state index in [1.165, 1.54) is 11.3 Å². The van der Waals surface area contributed by atoms with Gasteiger partial charge >= 0.3 is 0 Å². The normalized spacial score (nSPS) is 12.2. The van der Waals surface area contributed by atoms with Crippen LogP contribution in [-0.2, 0) is 10.0 Å². The van der Waals surface area contributed by atoms with Crippen LogP contribution in [0.4, 0.5) is 0 Å². The summed E-state index contributed by atoms with van der Waals surface area (Å²) in [5.41, 5.74) is 0. The molecule has 17 heavy (non-hydrogen) atoms. The molecule has 0 amide bonds. The third-order valence-corrected chi connectivity index (χ3v) is 6.46. The van der Waals surface area contributed by atoms with Crippen LogP contribution in [-0.4, -0.2) is 15.0 Å². The van der Waals surface area contributed by atoms with Crippen LogP contribution >= 0.6 is 27.3 Å². The Balaban J connectivity index is 2.39. The van der Waals surface area contributed by atoms with Gasteiger partial charge in [0.1, 0.15) is 4.21 Å². The molecule has 0 radical (unpaired) electrons. The number of hydrogen-bond acceptors (Lipinski definition) is 3. The van der Waals surface area contributed by atoms with Crippen molar-refractivity contribution in [3.05, 3.63) is 15.9 Å². The van der Waals surface area contributed by atoms with Gasteiger partial charge in [-0.2, -0.15) is 0 Å². The first-order chi connectivity index (χ1) is 7.93. The molecule has 1 aromatic rings. The van der Waals surface area contributed by atoms with Gasteiger partial charge in [0.05, 0.1) is 0 Å². The topological polar surface area (TPSA) is 46.2 Å². The Kier molecular flexibility index (Phi) is 6.12. The van der Waals surface area contributed by atoms with Crippen molar-refractivity contribution in [3.8, 4) is 0 Å². The molecule has 0 aliphatic heterocycles. The fourth-order valence-electron chi connectivity index (χ4n) is 1.42. The molecule has 0 aliphatic rings. The summed E-state index contributed by atoms with van der Waals surface area (Å²) in [5.74, 6) is 0.679. The molecule has 0 atom stereocenters. The Hall–Kier alpha value is 0.0900. The van der Waals surface area contributed by atoms with Gasteiger partial charge in [-0.1, -0.05) is 26.7 Å². The summed E-state index contributed by atoms with van der Waals surface area (Å²) in [4.78, 5) is 0. The molecule has 0 aliphatic carbocycles. The number of hydrogen-bond donors (Lipinski definition) is 1. The van der Waals surface area contributed by atoms with E-state index in [4.69, 9.17) is 0 Å². The van der Waals surface area contributed by atoms with Gasteiger partial charge in [0.15, 0.2) is 0 Å². The van der Waals surface area contributed by atoms with Crippen LogP contribution in [0.1, 0.15) is 33.1 Å². The molecule has 6 heteroatoms. The standard InChI is InChI=1S/C11H18BrNO2S2/c1-9(2)5-3-4-7-13-17(14,15)11-10(12)6-8-16-11/h6,8-9,13H,3-5,7H2,1-2H3. The Morgan fingerprint density at radius 2 is 2.12 bits per heavy atom. The van der Waals surface area contributed by atoms with Crippen LogP contribution in [0.25, 0.3) is 0 Å². The van der Waals surface area contributed by atoms with E-state index in [1.54, 1.807) is 11.4 Å². The zero-order valence-corrected chi connectivity index (χ0v) is 13.3. The average Bonchev–Trinajstić information content (AvgIpc) is 2.64. The molecule has 0 aromatic carbocycles. The highest BCUT2D eigenvalue weighted by Crippen LogP contribution is 2.27. The summed E-state index contributed by atoms with van der Waals surface area (Å²) < 4.78 is 27.4. The zero-order chi connectivity index (χ0) is 12.9. The van der Waals surface area contributed by atoms with E-state index in [2.05, 4.69) is 34.5 Å². The van der Waals surface area contributed by atoms with E-state index in [-0.39, 0.29) is 0 Å². The van der Waals surface area contributed by atoms with Gasteiger partial charge in [-0.05, 0) is 39.7 Å². The van der Waals surface area contributed by atoms with Crippen molar-refractivity contribution >= 4 is 37.3 Å². The Morgan fingerprint density at radius 3 is 2.65 bits per heavy atom. The molecule has 0 bridgehead atoms. The number of halogens is 1. The molecular formula is C11H18BrNO2S2. The lowest BCUT2D eigenvalue weighted by molar-refractivity contribution is 0.531. The molecule has 1 aromatic heterocycles. The highest BCUT2D eigenvalue weighted by Gasteiger charge is 2.18. The maximum absolute atomic E-state index is 11.9. The summed E-state index contributed by atoms with van der Waals surface area (Å²) in [6.07, 6.45) is 3.09. The lowest BCUT2D eigenvalue weighted by atomic mass is 10.1. The second-order valence-electron chi connectivity index (χ2n) is 4.34. The van der Waals surface area contributed by atoms with Gasteiger partial charge in [0.2, 0.25) is 0 Å². The van der Waals surface area contributed by atoms with Crippen LogP contribution < -0.4 is 4.72 Å². The number of nitrogens with one attached hydrogen (secondary N) is 1. The van der Waals surface area contributed by atoms with Crippen LogP contribution in [0.15, 0.2) is 20.1 Å². The number of thiophene rings is 1. The second kappa shape index (κ2) is 6.87. The third kappa shape index (κ3) is 5.07. The van der Waals surface area contributed by atoms with Crippen molar-refractivity contribution in [1.29, 1.82) is 0 Å². The van der Waals surface area contributed by atoms with Crippen molar-refractivity contribution in [2.24, 2.45) is 5.92 Å². The summed E-state index contributed by atoms with van der Waals surface area (Å²) >= 11 is 4.46. The maximum Gasteiger partial charge on any atom is 0.251 e. The van der Waals surface area contributed by atoms with Gasteiger partial charge < -0.3 is 0 Å². The van der Waals surface area contributed by atoms with E-state index in [9.17, 15) is 8.42 Å². The molecule has 3 nitrogen and oxygen atoms in total. The minimum atomic E-state index is -3.33. The Labute approximate surface area is 116 Å². The summed E-state index contributed by atoms with van der Waals surface area (Å²) in [5, 5.41) is 1.76. The SMILES string of the molecule is CC(C)CCCCNS(=O)(=O)c1sccc1Br. The largest absolute Gasteiger partial charge is 0.251 e. The smallest absolute Gasteiger partial charge is 0.210 e. The van der Waals surface area contributed by atoms with Crippen LogP contribution in [0.3, 0.4) is 0 Å². The number of sulfonamides is 1. The predicted octanol–water partition coefficient (Wildman–Crippen LogP) is 3.62. The van der Waals surface area contributed by atoms with Crippen molar-refractivity contribution in [1.82, 2.24) is 4.72 Å². The monoisotopic (exact) mass is 339 g/mol. The number of rotatable bonds is 7. The van der Waals surface area contributed by atoms with E-state index < -0.39 is 10.0 Å². The van der Waals surface area contributed by atoms with E-state index in [0.717, 1.165) is 19.3 Å². The van der Waals surface area contributed by atoms with Crippen molar-refractivity contribution in [2.75, 3.05) is 6.54 Å². The molecule has 0 unspecified atom stereocenters. The van der Waals surface area contributed by atoms with Crippen LogP contribution in [0.5, 0.6) is 0 Å². The molecule has 1 N–H and O–H groups in total. The minimum Gasteiger partial charge on any atom is -0.210 e. The molecular weight excluding hydrogens is 322 g/mol. The first-order valence-electron chi connectivity index (χ1n) is 5.66. The van der Waals surface area contributed by atoms with Gasteiger partial charge in [0, 0.05) is 11.0 Å². The van der Waals surface area contributed by atoms with Crippen LogP contribution in [0, 0.1) is 5.92 Å².